The topological polar surface area (TPSA) is 46.1 Å². The zero-order chi connectivity index (χ0) is 15.1. The molecule has 0 radical (unpaired) electrons. The number of benzene rings is 2. The average Bonchev–Trinajstić information content (AvgIpc) is 2.40. The molecule has 0 aromatic heterocycles. The summed E-state index contributed by atoms with van der Waals surface area (Å²) in [5.41, 5.74) is 2.34. The van der Waals surface area contributed by atoms with Crippen LogP contribution in [0.3, 0.4) is 0 Å². The molecule has 108 valence electrons. The molecule has 0 unspecified atom stereocenters. The maximum Gasteiger partial charge on any atom is 2.00 e. The summed E-state index contributed by atoms with van der Waals surface area (Å²) in [6.07, 6.45) is 0. The maximum atomic E-state index is 10.8. The van der Waals surface area contributed by atoms with Crippen LogP contribution in [0.25, 0.3) is 0 Å². The first-order valence-electron chi connectivity index (χ1n) is 6.94. The molecular formula is C18H22CaO2. The normalized spacial score (nSPS) is 9.81. The van der Waals surface area contributed by atoms with Gasteiger partial charge in [0, 0.05) is 0 Å². The molecule has 0 aliphatic heterocycles. The Bertz CT molecular complexity index is 519. The average molecular weight is 310 g/mol. The summed E-state index contributed by atoms with van der Waals surface area (Å²) in [6, 6.07) is 14.0. The van der Waals surface area contributed by atoms with Crippen LogP contribution >= 0.6 is 0 Å². The summed E-state index contributed by atoms with van der Waals surface area (Å²) in [5.74, 6) is 1.16. The van der Waals surface area contributed by atoms with E-state index in [9.17, 15) is 10.2 Å². The van der Waals surface area contributed by atoms with Gasteiger partial charge in [-0.3, -0.25) is 0 Å². The fourth-order valence-electron chi connectivity index (χ4n) is 1.73. The van der Waals surface area contributed by atoms with E-state index in [4.69, 9.17) is 0 Å². The van der Waals surface area contributed by atoms with Crippen molar-refractivity contribution in [1.82, 2.24) is 0 Å². The van der Waals surface area contributed by atoms with Crippen LogP contribution in [0, 0.1) is 0 Å². The van der Waals surface area contributed by atoms with Crippen LogP contribution in [0.15, 0.2) is 48.5 Å². The molecule has 0 amide bonds. The van der Waals surface area contributed by atoms with E-state index in [1.165, 1.54) is 5.56 Å². The van der Waals surface area contributed by atoms with Crippen molar-refractivity contribution in [3.05, 3.63) is 59.7 Å². The number of hydrogen-bond acceptors (Lipinski definition) is 2. The Hall–Kier alpha value is -0.700. The van der Waals surface area contributed by atoms with Gasteiger partial charge in [-0.2, -0.15) is 0 Å². The van der Waals surface area contributed by atoms with Crippen molar-refractivity contribution in [3.8, 4) is 11.5 Å². The maximum absolute atomic E-state index is 10.8. The molecule has 0 bridgehead atoms. The van der Waals surface area contributed by atoms with Gasteiger partial charge in [0.15, 0.2) is 0 Å². The molecule has 0 saturated heterocycles. The van der Waals surface area contributed by atoms with Gasteiger partial charge in [-0.05, 0) is 23.0 Å². The van der Waals surface area contributed by atoms with E-state index in [0.717, 1.165) is 5.56 Å². The smallest absolute Gasteiger partial charge is 0.872 e. The molecule has 0 atom stereocenters. The van der Waals surface area contributed by atoms with Crippen molar-refractivity contribution >= 4 is 37.7 Å². The summed E-state index contributed by atoms with van der Waals surface area (Å²) < 4.78 is 0. The molecule has 2 nitrogen and oxygen atoms in total. The van der Waals surface area contributed by atoms with Crippen molar-refractivity contribution in [2.45, 2.75) is 39.5 Å². The summed E-state index contributed by atoms with van der Waals surface area (Å²) in [7, 11) is 0. The molecule has 0 saturated carbocycles. The quantitative estimate of drug-likeness (QED) is 0.798. The monoisotopic (exact) mass is 310 g/mol. The van der Waals surface area contributed by atoms with Crippen LogP contribution in [-0.2, 0) is 0 Å². The first kappa shape index (κ1) is 20.3. The third-order valence-corrected chi connectivity index (χ3v) is 3.07. The van der Waals surface area contributed by atoms with Gasteiger partial charge in [0.05, 0.1) is 0 Å². The molecule has 21 heavy (non-hydrogen) atoms. The van der Waals surface area contributed by atoms with Crippen molar-refractivity contribution in [1.29, 1.82) is 0 Å². The van der Waals surface area contributed by atoms with E-state index < -0.39 is 0 Å². The van der Waals surface area contributed by atoms with Crippen molar-refractivity contribution in [2.24, 2.45) is 0 Å². The minimum Gasteiger partial charge on any atom is -0.872 e. The molecule has 0 N–H and O–H groups in total. The Morgan fingerprint density at radius 1 is 0.667 bits per heavy atom. The molecule has 2 rings (SSSR count). The number of hydrogen-bond donors (Lipinski definition) is 0. The molecule has 0 spiro atoms. The zero-order valence-corrected chi connectivity index (χ0v) is 15.5. The van der Waals surface area contributed by atoms with E-state index in [1.807, 2.05) is 18.2 Å². The molecule has 3 heteroatoms. The van der Waals surface area contributed by atoms with Crippen molar-refractivity contribution < 1.29 is 10.2 Å². The summed E-state index contributed by atoms with van der Waals surface area (Å²) in [4.78, 5) is 0. The van der Waals surface area contributed by atoms with E-state index in [2.05, 4.69) is 27.7 Å². The Kier molecular flexibility index (Phi) is 9.76. The van der Waals surface area contributed by atoms with Gasteiger partial charge < -0.3 is 10.2 Å². The molecule has 2 aromatic rings. The fourth-order valence-corrected chi connectivity index (χ4v) is 1.73. The zero-order valence-electron chi connectivity index (χ0n) is 13.3. The SMILES string of the molecule is CC(C)c1ccc([O-])cc1.CC(C)c1cccc([O-])c1.[Ca+2]. The Morgan fingerprint density at radius 2 is 1.19 bits per heavy atom. The van der Waals surface area contributed by atoms with Crippen LogP contribution in [0.4, 0.5) is 0 Å². The van der Waals surface area contributed by atoms with Crippen LogP contribution in [0.5, 0.6) is 11.5 Å². The van der Waals surface area contributed by atoms with E-state index in [1.54, 1.807) is 30.3 Å². The molecule has 0 fully saturated rings. The first-order chi connectivity index (χ1) is 9.40. The van der Waals surface area contributed by atoms with Crippen LogP contribution in [-0.4, -0.2) is 37.7 Å². The third kappa shape index (κ3) is 7.75. The number of rotatable bonds is 2. The minimum atomic E-state index is 0. The van der Waals surface area contributed by atoms with Crippen molar-refractivity contribution in [3.63, 3.8) is 0 Å². The van der Waals surface area contributed by atoms with E-state index >= 15 is 0 Å². The predicted octanol–water partition coefficient (Wildman–Crippen LogP) is 3.39. The Morgan fingerprint density at radius 3 is 1.57 bits per heavy atom. The fraction of sp³-hybridized carbons (Fsp3) is 0.333. The summed E-state index contributed by atoms with van der Waals surface area (Å²) in [5, 5.41) is 21.4. The van der Waals surface area contributed by atoms with Crippen LogP contribution in [0.2, 0.25) is 0 Å². The summed E-state index contributed by atoms with van der Waals surface area (Å²) >= 11 is 0. The molecule has 0 aliphatic carbocycles. The predicted molar refractivity (Wildman–Crippen MR) is 85.7 cm³/mol. The summed E-state index contributed by atoms with van der Waals surface area (Å²) in [6.45, 7) is 8.38. The largest absolute Gasteiger partial charge is 2.00 e. The van der Waals surface area contributed by atoms with E-state index in [-0.39, 0.29) is 49.2 Å². The van der Waals surface area contributed by atoms with Gasteiger partial charge in [-0.15, -0.1) is 11.5 Å². The van der Waals surface area contributed by atoms with Gasteiger partial charge in [-0.25, -0.2) is 0 Å². The molecule has 0 aliphatic rings. The molecule has 2 aromatic carbocycles. The van der Waals surface area contributed by atoms with Crippen molar-refractivity contribution in [2.75, 3.05) is 0 Å². The van der Waals surface area contributed by atoms with E-state index in [0.29, 0.717) is 11.8 Å². The minimum absolute atomic E-state index is 0. The van der Waals surface area contributed by atoms with Gasteiger partial charge in [0.25, 0.3) is 0 Å². The second-order valence-electron chi connectivity index (χ2n) is 5.45. The second kappa shape index (κ2) is 10.1. The van der Waals surface area contributed by atoms with Crippen LogP contribution < -0.4 is 10.2 Å². The third-order valence-electron chi connectivity index (χ3n) is 3.07. The van der Waals surface area contributed by atoms with Gasteiger partial charge in [0.1, 0.15) is 0 Å². The standard InChI is InChI=1S/2C9H12O.Ca/c1-7(2)8-3-5-9(10)6-4-8;1-7(2)8-4-3-5-9(10)6-8;/h2*3-7,10H,1-2H3;/q;;+2/p-2. The molecule has 0 heterocycles. The first-order valence-corrected chi connectivity index (χ1v) is 6.94. The second-order valence-corrected chi connectivity index (χ2v) is 5.45. The Balaban J connectivity index is 0.000000364. The van der Waals surface area contributed by atoms with Gasteiger partial charge in [0.2, 0.25) is 0 Å². The van der Waals surface area contributed by atoms with Gasteiger partial charge >= 0.3 is 37.7 Å². The Labute approximate surface area is 157 Å². The molecular weight excluding hydrogens is 288 g/mol. The van der Waals surface area contributed by atoms with Crippen LogP contribution in [0.1, 0.15) is 50.7 Å². The van der Waals surface area contributed by atoms with Gasteiger partial charge in [-0.1, -0.05) is 76.2 Å².